The molecule has 0 spiro atoms. The van der Waals surface area contributed by atoms with Crippen molar-refractivity contribution in [1.29, 1.82) is 0 Å². The number of benzene rings is 1. The molecule has 2 rings (SSSR count). The maximum atomic E-state index is 10.7. The smallest absolute Gasteiger partial charge is 0.272 e. The zero-order valence-electron chi connectivity index (χ0n) is 10.6. The van der Waals surface area contributed by atoms with Gasteiger partial charge in [-0.3, -0.25) is 10.1 Å². The number of imidazole rings is 1. The summed E-state index contributed by atoms with van der Waals surface area (Å²) in [7, 11) is 0. The van der Waals surface area contributed by atoms with Gasteiger partial charge in [-0.1, -0.05) is 23.2 Å². The van der Waals surface area contributed by atoms with Crippen molar-refractivity contribution in [3.63, 3.8) is 0 Å². The van der Waals surface area contributed by atoms with Crippen molar-refractivity contribution in [2.75, 3.05) is 5.32 Å². The molecule has 0 saturated carbocycles. The molecular formula is C12H12Cl2N4O2. The number of non-ortho nitro benzene ring substituents is 1. The zero-order chi connectivity index (χ0) is 14.7. The molecule has 0 aliphatic carbocycles. The Morgan fingerprint density at radius 2 is 2.10 bits per heavy atom. The highest BCUT2D eigenvalue weighted by molar-refractivity contribution is 6.39. The fourth-order valence-corrected chi connectivity index (χ4v) is 2.39. The van der Waals surface area contributed by atoms with Gasteiger partial charge in [-0.2, -0.15) is 0 Å². The number of anilines is 1. The Kier molecular flexibility index (Phi) is 4.46. The van der Waals surface area contributed by atoms with E-state index in [9.17, 15) is 10.1 Å². The molecule has 1 aromatic heterocycles. The van der Waals surface area contributed by atoms with Crippen LogP contribution in [0.1, 0.15) is 6.92 Å². The maximum Gasteiger partial charge on any atom is 0.272 e. The Morgan fingerprint density at radius 1 is 1.45 bits per heavy atom. The van der Waals surface area contributed by atoms with Crippen LogP contribution in [-0.4, -0.2) is 20.5 Å². The normalized spacial score (nSPS) is 12.2. The lowest BCUT2D eigenvalue weighted by Gasteiger charge is -2.17. The second-order valence-corrected chi connectivity index (χ2v) is 5.16. The molecule has 0 aliphatic rings. The molecule has 0 radical (unpaired) electrons. The summed E-state index contributed by atoms with van der Waals surface area (Å²) in [6.07, 6.45) is 5.24. The van der Waals surface area contributed by atoms with E-state index < -0.39 is 4.92 Å². The van der Waals surface area contributed by atoms with E-state index in [1.54, 1.807) is 12.5 Å². The third-order valence-corrected chi connectivity index (χ3v) is 3.27. The van der Waals surface area contributed by atoms with Crippen molar-refractivity contribution in [3.05, 3.63) is 51.0 Å². The zero-order valence-corrected chi connectivity index (χ0v) is 12.1. The summed E-state index contributed by atoms with van der Waals surface area (Å²) >= 11 is 12.1. The number of hydrogen-bond acceptors (Lipinski definition) is 4. The van der Waals surface area contributed by atoms with Crippen molar-refractivity contribution < 1.29 is 4.92 Å². The molecule has 1 N–H and O–H groups in total. The summed E-state index contributed by atoms with van der Waals surface area (Å²) in [5, 5.41) is 14.3. The molecule has 0 saturated heterocycles. The van der Waals surface area contributed by atoms with Gasteiger partial charge in [0.05, 0.1) is 27.0 Å². The fourth-order valence-electron chi connectivity index (χ4n) is 1.81. The van der Waals surface area contributed by atoms with Gasteiger partial charge in [-0.05, 0) is 6.92 Å². The van der Waals surface area contributed by atoms with Crippen molar-refractivity contribution >= 4 is 34.6 Å². The van der Waals surface area contributed by atoms with E-state index in [1.165, 1.54) is 12.1 Å². The molecule has 0 aliphatic heterocycles. The standard InChI is InChI=1S/C12H12Cl2N4O2/c1-8(6-17-3-2-15-7-17)16-12-10(13)4-9(18(19)20)5-11(12)14/h2-5,7-8,16H,6H2,1H3. The van der Waals surface area contributed by atoms with Gasteiger partial charge in [0.2, 0.25) is 0 Å². The first-order chi connectivity index (χ1) is 9.47. The number of nitro benzene ring substituents is 1. The lowest BCUT2D eigenvalue weighted by Crippen LogP contribution is -2.21. The van der Waals surface area contributed by atoms with Crippen molar-refractivity contribution in [2.24, 2.45) is 0 Å². The van der Waals surface area contributed by atoms with Gasteiger partial charge in [0.15, 0.2) is 0 Å². The largest absolute Gasteiger partial charge is 0.378 e. The highest BCUT2D eigenvalue weighted by Gasteiger charge is 2.16. The minimum atomic E-state index is -0.531. The van der Waals surface area contributed by atoms with E-state index in [4.69, 9.17) is 23.2 Å². The van der Waals surface area contributed by atoms with Gasteiger partial charge in [-0.15, -0.1) is 0 Å². The van der Waals surface area contributed by atoms with Crippen molar-refractivity contribution in [2.45, 2.75) is 19.5 Å². The number of nitrogens with zero attached hydrogens (tertiary/aromatic N) is 3. The highest BCUT2D eigenvalue weighted by atomic mass is 35.5. The second-order valence-electron chi connectivity index (χ2n) is 4.35. The molecule has 0 fully saturated rings. The molecule has 1 heterocycles. The van der Waals surface area contributed by atoms with Crippen LogP contribution in [0.4, 0.5) is 11.4 Å². The summed E-state index contributed by atoms with van der Waals surface area (Å²) in [5.41, 5.74) is 0.361. The number of hydrogen-bond donors (Lipinski definition) is 1. The van der Waals surface area contributed by atoms with Crippen molar-refractivity contribution in [3.8, 4) is 0 Å². The van der Waals surface area contributed by atoms with Crippen LogP contribution in [0.15, 0.2) is 30.9 Å². The van der Waals surface area contributed by atoms with Gasteiger partial charge >= 0.3 is 0 Å². The topological polar surface area (TPSA) is 73.0 Å². The number of nitro groups is 1. The molecular weight excluding hydrogens is 303 g/mol. The number of halogens is 2. The summed E-state index contributed by atoms with van der Waals surface area (Å²) in [6, 6.07) is 2.58. The molecule has 2 aromatic rings. The van der Waals surface area contributed by atoms with E-state index in [2.05, 4.69) is 10.3 Å². The minimum absolute atomic E-state index is 0.0284. The van der Waals surface area contributed by atoms with Crippen LogP contribution < -0.4 is 5.32 Å². The first kappa shape index (κ1) is 14.6. The third kappa shape index (κ3) is 3.40. The molecule has 1 atom stereocenters. The maximum absolute atomic E-state index is 10.7. The van der Waals surface area contributed by atoms with E-state index in [-0.39, 0.29) is 21.8 Å². The van der Waals surface area contributed by atoms with E-state index in [0.29, 0.717) is 12.2 Å². The van der Waals surface area contributed by atoms with Gasteiger partial charge in [0.1, 0.15) is 0 Å². The Labute approximate surface area is 125 Å². The summed E-state index contributed by atoms with van der Waals surface area (Å²) in [4.78, 5) is 14.1. The van der Waals surface area contributed by atoms with Gasteiger partial charge in [-0.25, -0.2) is 4.98 Å². The average molecular weight is 315 g/mol. The van der Waals surface area contributed by atoms with E-state index in [0.717, 1.165) is 0 Å². The molecule has 106 valence electrons. The molecule has 6 nitrogen and oxygen atoms in total. The molecule has 20 heavy (non-hydrogen) atoms. The van der Waals surface area contributed by atoms with Gasteiger partial charge in [0, 0.05) is 37.1 Å². The van der Waals surface area contributed by atoms with Crippen LogP contribution in [-0.2, 0) is 6.54 Å². The van der Waals surface area contributed by atoms with E-state index in [1.807, 2.05) is 17.7 Å². The Bertz CT molecular complexity index is 593. The molecule has 0 bridgehead atoms. The lowest BCUT2D eigenvalue weighted by molar-refractivity contribution is -0.384. The van der Waals surface area contributed by atoms with Crippen molar-refractivity contribution in [1.82, 2.24) is 9.55 Å². The van der Waals surface area contributed by atoms with Gasteiger partial charge in [0.25, 0.3) is 5.69 Å². The highest BCUT2D eigenvalue weighted by Crippen LogP contribution is 2.35. The van der Waals surface area contributed by atoms with Crippen LogP contribution >= 0.6 is 23.2 Å². The third-order valence-electron chi connectivity index (χ3n) is 2.67. The Balaban J connectivity index is 2.14. The van der Waals surface area contributed by atoms with Crippen LogP contribution in [0.25, 0.3) is 0 Å². The minimum Gasteiger partial charge on any atom is -0.378 e. The predicted molar refractivity (Wildman–Crippen MR) is 78.4 cm³/mol. The molecule has 1 aromatic carbocycles. The van der Waals surface area contributed by atoms with Gasteiger partial charge < -0.3 is 9.88 Å². The predicted octanol–water partition coefficient (Wildman–Crippen LogP) is 3.60. The van der Waals surface area contributed by atoms with Crippen LogP contribution in [0.5, 0.6) is 0 Å². The quantitative estimate of drug-likeness (QED) is 0.676. The Morgan fingerprint density at radius 3 is 2.60 bits per heavy atom. The average Bonchev–Trinajstić information content (AvgIpc) is 2.86. The monoisotopic (exact) mass is 314 g/mol. The number of rotatable bonds is 5. The summed E-state index contributed by atoms with van der Waals surface area (Å²) in [5.74, 6) is 0. The summed E-state index contributed by atoms with van der Waals surface area (Å²) < 4.78 is 1.91. The van der Waals surface area contributed by atoms with Crippen LogP contribution in [0.2, 0.25) is 10.0 Å². The first-order valence-electron chi connectivity index (χ1n) is 5.83. The fraction of sp³-hybridized carbons (Fsp3) is 0.250. The molecule has 1 unspecified atom stereocenters. The SMILES string of the molecule is CC(Cn1ccnc1)Nc1c(Cl)cc([N+](=O)[O-])cc1Cl. The lowest BCUT2D eigenvalue weighted by atomic mass is 10.2. The second kappa shape index (κ2) is 6.11. The summed E-state index contributed by atoms with van der Waals surface area (Å²) in [6.45, 7) is 2.62. The van der Waals surface area contributed by atoms with Crippen LogP contribution in [0, 0.1) is 10.1 Å². The van der Waals surface area contributed by atoms with Crippen LogP contribution in [0.3, 0.4) is 0 Å². The molecule has 8 heteroatoms. The first-order valence-corrected chi connectivity index (χ1v) is 6.58. The van der Waals surface area contributed by atoms with E-state index >= 15 is 0 Å². The molecule has 0 amide bonds. The Hall–Kier alpha value is -1.79. The number of nitrogens with one attached hydrogen (secondary N) is 1. The number of aromatic nitrogens is 2.